The van der Waals surface area contributed by atoms with Crippen molar-refractivity contribution in [2.75, 3.05) is 26.7 Å². The van der Waals surface area contributed by atoms with Gasteiger partial charge in [-0.1, -0.05) is 66.2 Å². The topological polar surface area (TPSA) is 49.8 Å². The Balaban J connectivity index is 1.81. The molecule has 3 aromatic rings. The molecular formula is C25H27NO3. The number of hydrogen-bond donors (Lipinski definition) is 1. The van der Waals surface area contributed by atoms with Gasteiger partial charge in [0.05, 0.1) is 6.54 Å². The van der Waals surface area contributed by atoms with Crippen molar-refractivity contribution in [1.29, 1.82) is 0 Å². The van der Waals surface area contributed by atoms with Crippen LogP contribution in [-0.4, -0.2) is 42.7 Å². The lowest BCUT2D eigenvalue weighted by atomic mass is 9.97. The van der Waals surface area contributed by atoms with E-state index < -0.39 is 5.97 Å². The second-order valence-electron chi connectivity index (χ2n) is 7.33. The van der Waals surface area contributed by atoms with Gasteiger partial charge in [-0.15, -0.1) is 0 Å². The summed E-state index contributed by atoms with van der Waals surface area (Å²) in [5.74, 6) is 0.00904. The van der Waals surface area contributed by atoms with Crippen LogP contribution in [0.4, 0.5) is 0 Å². The Labute approximate surface area is 172 Å². The van der Waals surface area contributed by atoms with E-state index in [-0.39, 0.29) is 6.54 Å². The van der Waals surface area contributed by atoms with E-state index in [0.717, 1.165) is 23.3 Å². The molecule has 0 aliphatic rings. The Hall–Kier alpha value is -3.11. The van der Waals surface area contributed by atoms with Crippen molar-refractivity contribution in [1.82, 2.24) is 4.90 Å². The summed E-state index contributed by atoms with van der Waals surface area (Å²) < 4.78 is 6.05. The van der Waals surface area contributed by atoms with Crippen LogP contribution < -0.4 is 4.74 Å². The van der Waals surface area contributed by atoms with Crippen molar-refractivity contribution in [2.45, 2.75) is 13.3 Å². The Bertz CT molecular complexity index is 953. The minimum Gasteiger partial charge on any atom is -0.492 e. The quantitative estimate of drug-likeness (QED) is 0.579. The Kier molecular flexibility index (Phi) is 7.04. The predicted molar refractivity (Wildman–Crippen MR) is 116 cm³/mol. The molecule has 3 aromatic carbocycles. The fraction of sp³-hybridized carbons (Fsp3) is 0.240. The lowest BCUT2D eigenvalue weighted by molar-refractivity contribution is -0.138. The van der Waals surface area contributed by atoms with Gasteiger partial charge in [-0.2, -0.15) is 0 Å². The van der Waals surface area contributed by atoms with E-state index in [1.165, 1.54) is 16.7 Å². The molecule has 0 fully saturated rings. The van der Waals surface area contributed by atoms with E-state index >= 15 is 0 Å². The van der Waals surface area contributed by atoms with E-state index in [2.05, 4.69) is 55.5 Å². The molecule has 0 saturated heterocycles. The number of carboxylic acid groups (broad SMARTS) is 1. The highest BCUT2D eigenvalue weighted by Crippen LogP contribution is 2.29. The van der Waals surface area contributed by atoms with Crippen molar-refractivity contribution < 1.29 is 14.6 Å². The van der Waals surface area contributed by atoms with Gasteiger partial charge in [0, 0.05) is 13.0 Å². The van der Waals surface area contributed by atoms with Gasteiger partial charge in [-0.3, -0.25) is 9.69 Å². The second kappa shape index (κ2) is 9.89. The number of ether oxygens (including phenoxy) is 1. The number of rotatable bonds is 9. The number of benzene rings is 3. The van der Waals surface area contributed by atoms with Crippen molar-refractivity contribution in [3.8, 4) is 16.9 Å². The third kappa shape index (κ3) is 6.19. The molecular weight excluding hydrogens is 362 g/mol. The highest BCUT2D eigenvalue weighted by Gasteiger charge is 2.10. The first-order chi connectivity index (χ1) is 14.0. The molecule has 3 rings (SSSR count). The number of hydrogen-bond acceptors (Lipinski definition) is 3. The molecule has 0 heterocycles. The van der Waals surface area contributed by atoms with Crippen LogP contribution in [0.15, 0.2) is 72.8 Å². The van der Waals surface area contributed by atoms with E-state index in [4.69, 9.17) is 9.84 Å². The van der Waals surface area contributed by atoms with Gasteiger partial charge in [0.1, 0.15) is 12.4 Å². The third-order valence-corrected chi connectivity index (χ3v) is 4.78. The molecule has 4 heteroatoms. The molecule has 0 atom stereocenters. The van der Waals surface area contributed by atoms with Crippen LogP contribution in [0.3, 0.4) is 0 Å². The molecule has 0 aromatic heterocycles. The smallest absolute Gasteiger partial charge is 0.317 e. The monoisotopic (exact) mass is 389 g/mol. The van der Waals surface area contributed by atoms with Crippen LogP contribution in [0.25, 0.3) is 11.1 Å². The number of carboxylic acids is 1. The van der Waals surface area contributed by atoms with Crippen molar-refractivity contribution in [3.63, 3.8) is 0 Å². The molecule has 0 spiro atoms. The van der Waals surface area contributed by atoms with Gasteiger partial charge in [0.25, 0.3) is 0 Å². The van der Waals surface area contributed by atoms with Crippen molar-refractivity contribution in [2.24, 2.45) is 0 Å². The number of aryl methyl sites for hydroxylation is 1. The number of carbonyl (C=O) groups is 1. The molecule has 150 valence electrons. The summed E-state index contributed by atoms with van der Waals surface area (Å²) in [6.07, 6.45) is 0.780. The van der Waals surface area contributed by atoms with Gasteiger partial charge in [0.2, 0.25) is 0 Å². The van der Waals surface area contributed by atoms with E-state index in [0.29, 0.717) is 13.2 Å². The maximum Gasteiger partial charge on any atom is 0.317 e. The van der Waals surface area contributed by atoms with Crippen LogP contribution >= 0.6 is 0 Å². The fourth-order valence-electron chi connectivity index (χ4n) is 3.33. The average Bonchev–Trinajstić information content (AvgIpc) is 2.69. The van der Waals surface area contributed by atoms with Gasteiger partial charge in [-0.05, 0) is 48.4 Å². The largest absolute Gasteiger partial charge is 0.492 e. The Morgan fingerprint density at radius 3 is 2.48 bits per heavy atom. The van der Waals surface area contributed by atoms with Gasteiger partial charge >= 0.3 is 5.97 Å². The standard InChI is InChI=1S/C25H27NO3/c1-19-7-6-8-20(15-19)16-23-17-22(21-9-4-3-5-10-21)11-12-24(23)29-14-13-26(2)18-25(27)28/h3-12,15,17H,13-14,16,18H2,1-2H3,(H,27,28). The molecule has 0 aliphatic heterocycles. The molecule has 29 heavy (non-hydrogen) atoms. The molecule has 0 amide bonds. The van der Waals surface area contributed by atoms with Crippen LogP contribution in [0.1, 0.15) is 16.7 Å². The first-order valence-corrected chi connectivity index (χ1v) is 9.78. The fourth-order valence-corrected chi connectivity index (χ4v) is 3.33. The minimum atomic E-state index is -0.833. The number of likely N-dealkylation sites (N-methyl/N-ethyl adjacent to an activating group) is 1. The molecule has 4 nitrogen and oxygen atoms in total. The molecule has 0 unspecified atom stereocenters. The summed E-state index contributed by atoms with van der Waals surface area (Å²) in [5, 5.41) is 8.89. The van der Waals surface area contributed by atoms with Gasteiger partial charge in [0.15, 0.2) is 0 Å². The maximum atomic E-state index is 10.8. The van der Waals surface area contributed by atoms with Gasteiger partial charge in [-0.25, -0.2) is 0 Å². The zero-order valence-corrected chi connectivity index (χ0v) is 17.0. The number of aliphatic carboxylic acids is 1. The Morgan fingerprint density at radius 2 is 1.76 bits per heavy atom. The summed E-state index contributed by atoms with van der Waals surface area (Å²) in [6, 6.07) is 25.1. The summed E-state index contributed by atoms with van der Waals surface area (Å²) in [7, 11) is 1.78. The molecule has 1 N–H and O–H groups in total. The van der Waals surface area contributed by atoms with E-state index in [1.807, 2.05) is 24.3 Å². The van der Waals surface area contributed by atoms with Gasteiger partial charge < -0.3 is 9.84 Å². The van der Waals surface area contributed by atoms with Crippen molar-refractivity contribution in [3.05, 3.63) is 89.5 Å². The molecule has 0 aliphatic carbocycles. The summed E-state index contributed by atoms with van der Waals surface area (Å²) in [6.45, 7) is 3.10. The van der Waals surface area contributed by atoms with Crippen LogP contribution in [-0.2, 0) is 11.2 Å². The zero-order valence-electron chi connectivity index (χ0n) is 17.0. The normalized spacial score (nSPS) is 10.9. The SMILES string of the molecule is Cc1cccc(Cc2cc(-c3ccccc3)ccc2OCCN(C)CC(=O)O)c1. The lowest BCUT2D eigenvalue weighted by Crippen LogP contribution is -2.29. The minimum absolute atomic E-state index is 0.00640. The summed E-state index contributed by atoms with van der Waals surface area (Å²) in [5.41, 5.74) is 5.93. The highest BCUT2D eigenvalue weighted by atomic mass is 16.5. The zero-order chi connectivity index (χ0) is 20.6. The first kappa shape index (κ1) is 20.6. The number of nitrogens with zero attached hydrogens (tertiary/aromatic N) is 1. The third-order valence-electron chi connectivity index (χ3n) is 4.78. The van der Waals surface area contributed by atoms with E-state index in [1.54, 1.807) is 11.9 Å². The van der Waals surface area contributed by atoms with Crippen LogP contribution in [0, 0.1) is 6.92 Å². The average molecular weight is 389 g/mol. The lowest BCUT2D eigenvalue weighted by Gasteiger charge is -2.17. The molecule has 0 bridgehead atoms. The maximum absolute atomic E-state index is 10.8. The second-order valence-corrected chi connectivity index (χ2v) is 7.33. The summed E-state index contributed by atoms with van der Waals surface area (Å²) >= 11 is 0. The predicted octanol–water partition coefficient (Wildman–Crippen LogP) is 4.65. The van der Waals surface area contributed by atoms with E-state index in [9.17, 15) is 4.79 Å². The Morgan fingerprint density at radius 1 is 0.966 bits per heavy atom. The highest BCUT2D eigenvalue weighted by molar-refractivity contribution is 5.69. The van der Waals surface area contributed by atoms with Crippen LogP contribution in [0.5, 0.6) is 5.75 Å². The summed E-state index contributed by atoms with van der Waals surface area (Å²) in [4.78, 5) is 12.6. The van der Waals surface area contributed by atoms with Crippen LogP contribution in [0.2, 0.25) is 0 Å². The molecule has 0 saturated carbocycles. The first-order valence-electron chi connectivity index (χ1n) is 9.78. The molecule has 0 radical (unpaired) electrons. The van der Waals surface area contributed by atoms with Crippen molar-refractivity contribution >= 4 is 5.97 Å².